The summed E-state index contributed by atoms with van der Waals surface area (Å²) in [5.41, 5.74) is 6.20. The van der Waals surface area contributed by atoms with Crippen molar-refractivity contribution < 1.29 is 14.7 Å². The number of rotatable bonds is 5. The van der Waals surface area contributed by atoms with Gasteiger partial charge in [0.05, 0.1) is 0 Å². The van der Waals surface area contributed by atoms with E-state index in [9.17, 15) is 9.59 Å². The normalized spacial score (nSPS) is 16.1. The standard InChI is InChI=1S/C12H13BrN2O3/c13-8-5-7(11(14)16)3-4-9(8)15-10(12(17)18)6-1-2-6/h3-6,10,15H,1-2H2,(H2,14,16)(H,17,18). The molecule has 0 radical (unpaired) electrons. The number of carboxylic acids is 1. The van der Waals surface area contributed by atoms with Gasteiger partial charge in [0, 0.05) is 15.7 Å². The molecule has 1 unspecified atom stereocenters. The Morgan fingerprint density at radius 2 is 2.11 bits per heavy atom. The molecule has 1 aromatic rings. The van der Waals surface area contributed by atoms with Gasteiger partial charge in [-0.15, -0.1) is 0 Å². The number of carbonyl (C=O) groups is 2. The minimum Gasteiger partial charge on any atom is -0.480 e. The van der Waals surface area contributed by atoms with Crippen LogP contribution in [0.15, 0.2) is 22.7 Å². The second-order valence-corrected chi connectivity index (χ2v) is 5.21. The number of primary amides is 1. The van der Waals surface area contributed by atoms with Crippen molar-refractivity contribution in [2.45, 2.75) is 18.9 Å². The van der Waals surface area contributed by atoms with Crippen LogP contribution < -0.4 is 11.1 Å². The Morgan fingerprint density at radius 3 is 2.56 bits per heavy atom. The van der Waals surface area contributed by atoms with E-state index in [2.05, 4.69) is 21.2 Å². The molecule has 96 valence electrons. The van der Waals surface area contributed by atoms with Gasteiger partial charge in [0.15, 0.2) is 0 Å². The molecule has 5 nitrogen and oxygen atoms in total. The van der Waals surface area contributed by atoms with E-state index in [1.165, 1.54) is 0 Å². The lowest BCUT2D eigenvalue weighted by atomic mass is 10.1. The van der Waals surface area contributed by atoms with Gasteiger partial charge >= 0.3 is 5.97 Å². The first-order valence-electron chi connectivity index (χ1n) is 5.57. The Kier molecular flexibility index (Phi) is 3.56. The van der Waals surface area contributed by atoms with Crippen molar-refractivity contribution in [1.29, 1.82) is 0 Å². The fraction of sp³-hybridized carbons (Fsp3) is 0.333. The Balaban J connectivity index is 2.18. The molecule has 1 amide bonds. The summed E-state index contributed by atoms with van der Waals surface area (Å²) in [6, 6.07) is 4.22. The van der Waals surface area contributed by atoms with Crippen molar-refractivity contribution in [1.82, 2.24) is 0 Å². The summed E-state index contributed by atoms with van der Waals surface area (Å²) in [4.78, 5) is 22.1. The van der Waals surface area contributed by atoms with Gasteiger partial charge in [0.2, 0.25) is 5.91 Å². The van der Waals surface area contributed by atoms with E-state index in [4.69, 9.17) is 10.8 Å². The van der Waals surface area contributed by atoms with Crippen molar-refractivity contribution >= 4 is 33.5 Å². The first-order valence-corrected chi connectivity index (χ1v) is 6.37. The van der Waals surface area contributed by atoms with Crippen molar-refractivity contribution in [3.63, 3.8) is 0 Å². The zero-order valence-corrected chi connectivity index (χ0v) is 11.1. The van der Waals surface area contributed by atoms with E-state index >= 15 is 0 Å². The predicted octanol–water partition coefficient (Wildman–Crippen LogP) is 1.82. The second-order valence-electron chi connectivity index (χ2n) is 4.36. The molecule has 6 heteroatoms. The number of benzene rings is 1. The molecular formula is C12H13BrN2O3. The van der Waals surface area contributed by atoms with Crippen LogP contribution >= 0.6 is 15.9 Å². The Bertz CT molecular complexity index is 500. The number of hydrogen-bond donors (Lipinski definition) is 3. The number of nitrogens with one attached hydrogen (secondary N) is 1. The lowest BCUT2D eigenvalue weighted by Gasteiger charge is -2.16. The monoisotopic (exact) mass is 312 g/mol. The maximum Gasteiger partial charge on any atom is 0.326 e. The molecule has 1 aliphatic carbocycles. The Hall–Kier alpha value is -1.56. The van der Waals surface area contributed by atoms with Crippen LogP contribution in [0.3, 0.4) is 0 Å². The van der Waals surface area contributed by atoms with Crippen LogP contribution in [0, 0.1) is 5.92 Å². The van der Waals surface area contributed by atoms with Gasteiger partial charge < -0.3 is 16.2 Å². The molecule has 0 aromatic heterocycles. The topological polar surface area (TPSA) is 92.4 Å². The average molecular weight is 313 g/mol. The van der Waals surface area contributed by atoms with Crippen LogP contribution in [-0.4, -0.2) is 23.0 Å². The quantitative estimate of drug-likeness (QED) is 0.773. The third kappa shape index (κ3) is 2.81. The molecule has 0 aliphatic heterocycles. The molecule has 18 heavy (non-hydrogen) atoms. The van der Waals surface area contributed by atoms with Crippen LogP contribution in [-0.2, 0) is 4.79 Å². The SMILES string of the molecule is NC(=O)c1ccc(NC(C(=O)O)C2CC2)c(Br)c1. The van der Waals surface area contributed by atoms with Crippen LogP contribution in [0.25, 0.3) is 0 Å². The van der Waals surface area contributed by atoms with Crippen LogP contribution in [0.1, 0.15) is 23.2 Å². The summed E-state index contributed by atoms with van der Waals surface area (Å²) in [5.74, 6) is -1.19. The highest BCUT2D eigenvalue weighted by Gasteiger charge is 2.36. The van der Waals surface area contributed by atoms with E-state index in [0.29, 0.717) is 15.7 Å². The van der Waals surface area contributed by atoms with Crippen molar-refractivity contribution in [2.75, 3.05) is 5.32 Å². The lowest BCUT2D eigenvalue weighted by molar-refractivity contribution is -0.138. The summed E-state index contributed by atoms with van der Waals surface area (Å²) in [5, 5.41) is 12.1. The summed E-state index contributed by atoms with van der Waals surface area (Å²) in [7, 11) is 0. The van der Waals surface area contributed by atoms with Crippen molar-refractivity contribution in [3.05, 3.63) is 28.2 Å². The fourth-order valence-electron chi connectivity index (χ4n) is 1.76. The molecule has 1 saturated carbocycles. The van der Waals surface area contributed by atoms with Gasteiger partial charge in [-0.25, -0.2) is 4.79 Å². The van der Waals surface area contributed by atoms with Crippen LogP contribution in [0.4, 0.5) is 5.69 Å². The maximum atomic E-state index is 11.1. The van der Waals surface area contributed by atoms with E-state index in [-0.39, 0.29) is 5.92 Å². The van der Waals surface area contributed by atoms with Crippen LogP contribution in [0.2, 0.25) is 0 Å². The molecule has 0 bridgehead atoms. The maximum absolute atomic E-state index is 11.1. The molecule has 1 fully saturated rings. The fourth-order valence-corrected chi connectivity index (χ4v) is 2.26. The smallest absolute Gasteiger partial charge is 0.326 e. The highest BCUT2D eigenvalue weighted by Crippen LogP contribution is 2.35. The van der Waals surface area contributed by atoms with Gasteiger partial charge in [0.25, 0.3) is 0 Å². The number of anilines is 1. The molecular weight excluding hydrogens is 300 g/mol. The largest absolute Gasteiger partial charge is 0.480 e. The molecule has 1 aliphatic rings. The first kappa shape index (κ1) is 12.9. The first-order chi connectivity index (χ1) is 8.49. The number of halogens is 1. The Morgan fingerprint density at radius 1 is 1.44 bits per heavy atom. The number of amides is 1. The van der Waals surface area contributed by atoms with E-state index in [1.54, 1.807) is 18.2 Å². The minimum absolute atomic E-state index is 0.185. The average Bonchev–Trinajstić information content (AvgIpc) is 3.10. The molecule has 1 atom stereocenters. The van der Waals surface area contributed by atoms with Gasteiger partial charge in [0.1, 0.15) is 6.04 Å². The van der Waals surface area contributed by atoms with E-state index in [1.807, 2.05) is 0 Å². The molecule has 4 N–H and O–H groups in total. The zero-order chi connectivity index (χ0) is 13.3. The second kappa shape index (κ2) is 4.97. The van der Waals surface area contributed by atoms with Crippen molar-refractivity contribution in [2.24, 2.45) is 11.7 Å². The molecule has 0 saturated heterocycles. The highest BCUT2D eigenvalue weighted by molar-refractivity contribution is 9.10. The summed E-state index contributed by atoms with van der Waals surface area (Å²) in [6.07, 6.45) is 1.86. The third-order valence-corrected chi connectivity index (χ3v) is 3.58. The third-order valence-electron chi connectivity index (χ3n) is 2.92. The minimum atomic E-state index is -0.858. The predicted molar refractivity (Wildman–Crippen MR) is 70.4 cm³/mol. The Labute approximate surface area is 112 Å². The summed E-state index contributed by atoms with van der Waals surface area (Å²) in [6.45, 7) is 0. The number of aliphatic carboxylic acids is 1. The zero-order valence-electron chi connectivity index (χ0n) is 9.52. The number of nitrogens with two attached hydrogens (primary N) is 1. The lowest BCUT2D eigenvalue weighted by Crippen LogP contribution is -2.31. The van der Waals surface area contributed by atoms with E-state index in [0.717, 1.165) is 12.8 Å². The molecule has 2 rings (SSSR count). The number of carbonyl (C=O) groups excluding carboxylic acids is 1. The van der Waals surface area contributed by atoms with E-state index < -0.39 is 17.9 Å². The number of hydrogen-bond acceptors (Lipinski definition) is 3. The highest BCUT2D eigenvalue weighted by atomic mass is 79.9. The molecule has 0 spiro atoms. The van der Waals surface area contributed by atoms with Crippen LogP contribution in [0.5, 0.6) is 0 Å². The molecule has 0 heterocycles. The van der Waals surface area contributed by atoms with Gasteiger partial charge in [-0.05, 0) is 52.9 Å². The molecule has 1 aromatic carbocycles. The van der Waals surface area contributed by atoms with Gasteiger partial charge in [-0.2, -0.15) is 0 Å². The summed E-state index contributed by atoms with van der Waals surface area (Å²) >= 11 is 3.30. The summed E-state index contributed by atoms with van der Waals surface area (Å²) < 4.78 is 0.630. The van der Waals surface area contributed by atoms with Gasteiger partial charge in [-0.1, -0.05) is 0 Å². The van der Waals surface area contributed by atoms with Gasteiger partial charge in [-0.3, -0.25) is 4.79 Å². The number of carboxylic acid groups (broad SMARTS) is 1. The van der Waals surface area contributed by atoms with Crippen molar-refractivity contribution in [3.8, 4) is 0 Å².